The van der Waals surface area contributed by atoms with Gasteiger partial charge < -0.3 is 10.2 Å². The van der Waals surface area contributed by atoms with Gasteiger partial charge in [0.05, 0.1) is 6.54 Å². The van der Waals surface area contributed by atoms with Crippen LogP contribution in [0.3, 0.4) is 0 Å². The van der Waals surface area contributed by atoms with E-state index in [1.54, 1.807) is 18.2 Å². The monoisotopic (exact) mass is 449 g/mol. The van der Waals surface area contributed by atoms with Crippen molar-refractivity contribution in [2.45, 2.75) is 72.0 Å². The molecule has 0 bridgehead atoms. The smallest absolute Gasteiger partial charge is 0.329 e. The van der Waals surface area contributed by atoms with Crippen LogP contribution >= 0.6 is 0 Å². The molecule has 2 aromatic rings. The van der Waals surface area contributed by atoms with Crippen molar-refractivity contribution in [2.24, 2.45) is 0 Å². The number of fused-ring (bicyclic) bond motifs is 1. The van der Waals surface area contributed by atoms with E-state index in [0.717, 1.165) is 22.4 Å². The molecular formula is C27H32FN3O2. The number of halogens is 1. The number of carbonyl (C=O) groups is 2. The van der Waals surface area contributed by atoms with Gasteiger partial charge >= 0.3 is 6.03 Å². The van der Waals surface area contributed by atoms with Crippen LogP contribution in [0.1, 0.15) is 69.2 Å². The van der Waals surface area contributed by atoms with Crippen molar-refractivity contribution in [1.29, 1.82) is 0 Å². The Hall–Kier alpha value is -3.15. The minimum Gasteiger partial charge on any atom is -0.364 e. The van der Waals surface area contributed by atoms with E-state index in [4.69, 9.17) is 0 Å². The molecule has 1 fully saturated rings. The lowest BCUT2D eigenvalue weighted by molar-refractivity contribution is -0.123. The third kappa shape index (κ3) is 4.26. The molecule has 3 amide bonds. The summed E-state index contributed by atoms with van der Waals surface area (Å²) in [6.07, 6.45) is 2.81. The molecule has 33 heavy (non-hydrogen) atoms. The van der Waals surface area contributed by atoms with Gasteiger partial charge in [0.2, 0.25) is 0 Å². The number of benzene rings is 2. The quantitative estimate of drug-likeness (QED) is 0.479. The molecule has 2 heterocycles. The van der Waals surface area contributed by atoms with Crippen molar-refractivity contribution < 1.29 is 14.0 Å². The summed E-state index contributed by atoms with van der Waals surface area (Å²) in [5.41, 5.74) is 5.50. The van der Waals surface area contributed by atoms with Crippen LogP contribution in [0, 0.1) is 12.7 Å². The van der Waals surface area contributed by atoms with Gasteiger partial charge in [0, 0.05) is 17.3 Å². The van der Waals surface area contributed by atoms with Crippen molar-refractivity contribution >= 4 is 23.7 Å². The molecule has 2 aliphatic rings. The van der Waals surface area contributed by atoms with Crippen LogP contribution in [-0.4, -0.2) is 28.4 Å². The molecule has 0 aliphatic carbocycles. The molecule has 2 aromatic carbocycles. The van der Waals surface area contributed by atoms with Gasteiger partial charge in [-0.2, -0.15) is 0 Å². The van der Waals surface area contributed by atoms with Crippen molar-refractivity contribution in [3.05, 3.63) is 70.2 Å². The van der Waals surface area contributed by atoms with Gasteiger partial charge in [-0.05, 0) is 99.6 Å². The van der Waals surface area contributed by atoms with E-state index in [1.165, 1.54) is 23.4 Å². The molecule has 0 radical (unpaired) electrons. The largest absolute Gasteiger partial charge is 0.364 e. The Morgan fingerprint density at radius 2 is 1.85 bits per heavy atom. The van der Waals surface area contributed by atoms with Crippen molar-refractivity contribution in [1.82, 2.24) is 10.2 Å². The minimum absolute atomic E-state index is 0.0588. The molecule has 6 heteroatoms. The van der Waals surface area contributed by atoms with Gasteiger partial charge in [0.15, 0.2) is 0 Å². The fourth-order valence-corrected chi connectivity index (χ4v) is 5.39. The lowest BCUT2D eigenvalue weighted by Crippen LogP contribution is -2.51. The fraction of sp³-hybridized carbons (Fsp3) is 0.407. The zero-order valence-electron chi connectivity index (χ0n) is 20.2. The maximum Gasteiger partial charge on any atom is 0.329 e. The first-order valence-corrected chi connectivity index (χ1v) is 11.5. The molecule has 2 aliphatic heterocycles. The topological polar surface area (TPSA) is 52.7 Å². The number of amides is 3. The van der Waals surface area contributed by atoms with Crippen LogP contribution in [0.4, 0.5) is 14.9 Å². The summed E-state index contributed by atoms with van der Waals surface area (Å²) in [5, 5.41) is 2.71. The SMILES string of the molecule is Cc1cc2c(cc1/C=C1\NC(=O)N(Cc3ccc(F)cc3)C1=O)[C@H](C)CC(C)(C)N2C(C)C. The van der Waals surface area contributed by atoms with Crippen LogP contribution in [-0.2, 0) is 11.3 Å². The minimum atomic E-state index is -0.465. The number of nitrogens with zero attached hydrogens (tertiary/aromatic N) is 2. The van der Waals surface area contributed by atoms with Gasteiger partial charge in [-0.25, -0.2) is 9.18 Å². The van der Waals surface area contributed by atoms with Crippen LogP contribution in [0.2, 0.25) is 0 Å². The second kappa shape index (κ2) is 8.32. The molecule has 0 aromatic heterocycles. The van der Waals surface area contributed by atoms with E-state index in [2.05, 4.69) is 57.0 Å². The third-order valence-corrected chi connectivity index (χ3v) is 6.70. The highest BCUT2D eigenvalue weighted by molar-refractivity contribution is 6.14. The predicted octanol–water partition coefficient (Wildman–Crippen LogP) is 5.73. The number of rotatable bonds is 4. The van der Waals surface area contributed by atoms with Crippen LogP contribution < -0.4 is 10.2 Å². The lowest BCUT2D eigenvalue weighted by atomic mass is 9.78. The summed E-state index contributed by atoms with van der Waals surface area (Å²) in [5.74, 6) is -0.348. The first-order valence-electron chi connectivity index (χ1n) is 11.5. The number of nitrogens with one attached hydrogen (secondary N) is 1. The number of carbonyl (C=O) groups excluding carboxylic acids is 2. The highest BCUT2D eigenvalue weighted by Crippen LogP contribution is 2.45. The van der Waals surface area contributed by atoms with E-state index < -0.39 is 6.03 Å². The summed E-state index contributed by atoms with van der Waals surface area (Å²) in [4.78, 5) is 29.1. The fourth-order valence-electron chi connectivity index (χ4n) is 5.39. The average molecular weight is 450 g/mol. The Morgan fingerprint density at radius 1 is 1.18 bits per heavy atom. The van der Waals surface area contributed by atoms with Gasteiger partial charge in [0.1, 0.15) is 11.5 Å². The Balaban J connectivity index is 1.66. The molecule has 1 atom stereocenters. The second-order valence-corrected chi connectivity index (χ2v) is 10.2. The maximum absolute atomic E-state index is 13.2. The molecule has 4 rings (SSSR count). The lowest BCUT2D eigenvalue weighted by Gasteiger charge is -2.50. The van der Waals surface area contributed by atoms with Gasteiger partial charge in [-0.15, -0.1) is 0 Å². The molecule has 0 spiro atoms. The first kappa shape index (κ1) is 23.0. The number of urea groups is 1. The van der Waals surface area contributed by atoms with E-state index in [1.807, 2.05) is 6.92 Å². The molecule has 0 saturated carbocycles. The first-order chi connectivity index (χ1) is 15.5. The van der Waals surface area contributed by atoms with Gasteiger partial charge in [0.25, 0.3) is 5.91 Å². The molecular weight excluding hydrogens is 417 g/mol. The summed E-state index contributed by atoms with van der Waals surface area (Å²) < 4.78 is 13.2. The molecule has 1 N–H and O–H groups in total. The molecule has 1 saturated heterocycles. The highest BCUT2D eigenvalue weighted by atomic mass is 19.1. The number of hydrogen-bond acceptors (Lipinski definition) is 3. The second-order valence-electron chi connectivity index (χ2n) is 10.2. The van der Waals surface area contributed by atoms with Crippen molar-refractivity contribution in [2.75, 3.05) is 4.90 Å². The summed E-state index contributed by atoms with van der Waals surface area (Å²) >= 11 is 0. The number of imide groups is 1. The Kier molecular flexibility index (Phi) is 5.81. The molecule has 174 valence electrons. The average Bonchev–Trinajstić information content (AvgIpc) is 2.97. The van der Waals surface area contributed by atoms with Crippen LogP contribution in [0.25, 0.3) is 6.08 Å². The highest BCUT2D eigenvalue weighted by Gasteiger charge is 2.38. The number of hydrogen-bond donors (Lipinski definition) is 1. The number of aryl methyl sites for hydroxylation is 1. The van der Waals surface area contributed by atoms with Gasteiger partial charge in [-0.3, -0.25) is 9.69 Å². The summed E-state index contributed by atoms with van der Waals surface area (Å²) in [6.45, 7) is 13.4. The zero-order valence-corrected chi connectivity index (χ0v) is 20.2. The van der Waals surface area contributed by atoms with E-state index in [0.29, 0.717) is 17.5 Å². The summed E-state index contributed by atoms with van der Waals surface area (Å²) in [6, 6.07) is 10.1. The molecule has 5 nitrogen and oxygen atoms in total. The maximum atomic E-state index is 13.2. The third-order valence-electron chi connectivity index (χ3n) is 6.70. The van der Waals surface area contributed by atoms with E-state index in [9.17, 15) is 14.0 Å². The zero-order chi connectivity index (χ0) is 24.1. The van der Waals surface area contributed by atoms with E-state index >= 15 is 0 Å². The number of anilines is 1. The normalized spacial score (nSPS) is 21.1. The summed E-state index contributed by atoms with van der Waals surface area (Å²) in [7, 11) is 0. The Morgan fingerprint density at radius 3 is 2.48 bits per heavy atom. The van der Waals surface area contributed by atoms with Crippen LogP contribution in [0.15, 0.2) is 42.1 Å². The Labute approximate surface area is 195 Å². The molecule has 0 unspecified atom stereocenters. The van der Waals surface area contributed by atoms with Crippen molar-refractivity contribution in [3.8, 4) is 0 Å². The predicted molar refractivity (Wildman–Crippen MR) is 129 cm³/mol. The Bertz CT molecular complexity index is 1130. The van der Waals surface area contributed by atoms with Gasteiger partial charge in [-0.1, -0.05) is 19.1 Å². The van der Waals surface area contributed by atoms with E-state index in [-0.39, 0.29) is 29.5 Å². The van der Waals surface area contributed by atoms with Crippen molar-refractivity contribution in [3.63, 3.8) is 0 Å². The standard InChI is InChI=1S/C27H32FN3O2/c1-16(2)31-24-11-17(3)20(12-22(24)18(4)14-27(31,5)6)13-23-25(32)30(26(33)29-23)15-19-7-9-21(28)10-8-19/h7-13,16,18H,14-15H2,1-6H3,(H,29,33)/b23-13-/t18-/m1/s1. The van der Waals surface area contributed by atoms with Crippen LogP contribution in [0.5, 0.6) is 0 Å².